The molecule has 0 saturated carbocycles. The summed E-state index contributed by atoms with van der Waals surface area (Å²) >= 11 is 1.69. The van der Waals surface area contributed by atoms with Crippen LogP contribution in [0.2, 0.25) is 0 Å². The maximum atomic E-state index is 5.31. The van der Waals surface area contributed by atoms with E-state index in [4.69, 9.17) is 4.74 Å². The zero-order valence-corrected chi connectivity index (χ0v) is 11.8. The Hall–Kier alpha value is -1.29. The first-order valence-electron chi connectivity index (χ1n) is 6.52. The quantitative estimate of drug-likeness (QED) is 0.757. The summed E-state index contributed by atoms with van der Waals surface area (Å²) in [5.41, 5.74) is 0.959. The molecule has 0 unspecified atom stereocenters. The van der Waals surface area contributed by atoms with Crippen LogP contribution in [0.4, 0.5) is 5.13 Å². The molecule has 3 nitrogen and oxygen atoms in total. The van der Waals surface area contributed by atoms with E-state index in [0.29, 0.717) is 0 Å². The van der Waals surface area contributed by atoms with Crippen LogP contribution in [0.25, 0.3) is 10.2 Å². The number of rotatable bonds is 7. The van der Waals surface area contributed by atoms with E-state index in [1.165, 1.54) is 30.4 Å². The van der Waals surface area contributed by atoms with Crippen molar-refractivity contribution in [1.82, 2.24) is 4.98 Å². The number of unbranched alkanes of at least 4 members (excludes halogenated alkanes) is 3. The number of nitrogens with zero attached hydrogens (tertiary/aromatic N) is 1. The molecule has 0 aliphatic carbocycles. The van der Waals surface area contributed by atoms with Gasteiger partial charge in [0.2, 0.25) is 0 Å². The van der Waals surface area contributed by atoms with Gasteiger partial charge in [-0.1, -0.05) is 43.6 Å². The Morgan fingerprint density at radius 2 is 2.17 bits per heavy atom. The van der Waals surface area contributed by atoms with Gasteiger partial charge in [0.25, 0.3) is 0 Å². The summed E-state index contributed by atoms with van der Waals surface area (Å²) in [5, 5.41) is 4.39. The smallest absolute Gasteiger partial charge is 0.183 e. The highest BCUT2D eigenvalue weighted by atomic mass is 32.1. The van der Waals surface area contributed by atoms with E-state index in [0.717, 1.165) is 22.9 Å². The molecule has 0 saturated heterocycles. The normalized spacial score (nSPS) is 10.8. The number of thiazole rings is 1. The van der Waals surface area contributed by atoms with Crippen LogP contribution in [0.5, 0.6) is 5.75 Å². The van der Waals surface area contributed by atoms with Crippen molar-refractivity contribution < 1.29 is 4.74 Å². The number of methoxy groups -OCH3 is 1. The summed E-state index contributed by atoms with van der Waals surface area (Å²) in [4.78, 5) is 4.58. The summed E-state index contributed by atoms with van der Waals surface area (Å²) in [7, 11) is 1.69. The van der Waals surface area contributed by atoms with Crippen LogP contribution in [0, 0.1) is 0 Å². The topological polar surface area (TPSA) is 34.2 Å². The van der Waals surface area contributed by atoms with Crippen molar-refractivity contribution in [3.05, 3.63) is 18.2 Å². The van der Waals surface area contributed by atoms with Crippen LogP contribution in [0.15, 0.2) is 18.2 Å². The molecule has 0 aliphatic rings. The number of anilines is 1. The van der Waals surface area contributed by atoms with E-state index in [-0.39, 0.29) is 0 Å². The Labute approximate surface area is 112 Å². The van der Waals surface area contributed by atoms with Gasteiger partial charge in [0.1, 0.15) is 11.3 Å². The molecule has 0 aliphatic heterocycles. The molecule has 0 fully saturated rings. The molecule has 1 N–H and O–H groups in total. The van der Waals surface area contributed by atoms with Gasteiger partial charge in [-0.05, 0) is 18.6 Å². The maximum Gasteiger partial charge on any atom is 0.183 e. The first kappa shape index (κ1) is 13.1. The Morgan fingerprint density at radius 3 is 2.94 bits per heavy atom. The van der Waals surface area contributed by atoms with Crippen molar-refractivity contribution in [2.75, 3.05) is 19.0 Å². The largest absolute Gasteiger partial charge is 0.494 e. The van der Waals surface area contributed by atoms with E-state index in [2.05, 4.69) is 23.3 Å². The van der Waals surface area contributed by atoms with E-state index in [1.807, 2.05) is 12.1 Å². The second-order valence-electron chi connectivity index (χ2n) is 4.31. The summed E-state index contributed by atoms with van der Waals surface area (Å²) < 4.78 is 6.49. The van der Waals surface area contributed by atoms with Gasteiger partial charge in [-0.25, -0.2) is 4.98 Å². The summed E-state index contributed by atoms with van der Waals surface area (Å²) in [6, 6.07) is 6.04. The van der Waals surface area contributed by atoms with E-state index in [1.54, 1.807) is 18.4 Å². The number of fused-ring (bicyclic) bond motifs is 1. The molecular formula is C14H20N2OS. The first-order chi connectivity index (χ1) is 8.85. The van der Waals surface area contributed by atoms with Gasteiger partial charge in [-0.15, -0.1) is 0 Å². The summed E-state index contributed by atoms with van der Waals surface area (Å²) in [5.74, 6) is 0.850. The molecular weight excluding hydrogens is 244 g/mol. The van der Waals surface area contributed by atoms with E-state index in [9.17, 15) is 0 Å². The van der Waals surface area contributed by atoms with Gasteiger partial charge in [0, 0.05) is 6.54 Å². The van der Waals surface area contributed by atoms with Gasteiger partial charge in [-0.2, -0.15) is 0 Å². The maximum absolute atomic E-state index is 5.31. The van der Waals surface area contributed by atoms with Gasteiger partial charge < -0.3 is 10.1 Å². The molecule has 0 radical (unpaired) electrons. The van der Waals surface area contributed by atoms with E-state index < -0.39 is 0 Å². The minimum absolute atomic E-state index is 0.850. The molecule has 4 heteroatoms. The average Bonchev–Trinajstić information content (AvgIpc) is 2.81. The number of para-hydroxylation sites is 1. The number of hydrogen-bond acceptors (Lipinski definition) is 4. The highest BCUT2D eigenvalue weighted by Gasteiger charge is 2.07. The molecule has 2 aromatic rings. The lowest BCUT2D eigenvalue weighted by Gasteiger charge is -2.01. The van der Waals surface area contributed by atoms with Gasteiger partial charge in [0.15, 0.2) is 5.13 Å². The van der Waals surface area contributed by atoms with Crippen molar-refractivity contribution in [2.45, 2.75) is 32.6 Å². The van der Waals surface area contributed by atoms with E-state index >= 15 is 0 Å². The minimum Gasteiger partial charge on any atom is -0.494 e. The summed E-state index contributed by atoms with van der Waals surface area (Å²) in [6.07, 6.45) is 5.09. The van der Waals surface area contributed by atoms with Gasteiger partial charge in [0.05, 0.1) is 11.8 Å². The molecule has 98 valence electrons. The third kappa shape index (κ3) is 3.13. The monoisotopic (exact) mass is 264 g/mol. The Balaban J connectivity index is 1.97. The Morgan fingerprint density at radius 1 is 1.28 bits per heavy atom. The predicted molar refractivity (Wildman–Crippen MR) is 78.8 cm³/mol. The van der Waals surface area contributed by atoms with Crippen molar-refractivity contribution in [2.24, 2.45) is 0 Å². The highest BCUT2D eigenvalue weighted by Crippen LogP contribution is 2.31. The molecule has 0 amide bonds. The molecule has 2 rings (SSSR count). The van der Waals surface area contributed by atoms with Crippen molar-refractivity contribution in [3.8, 4) is 5.75 Å². The van der Waals surface area contributed by atoms with Gasteiger partial charge >= 0.3 is 0 Å². The second-order valence-corrected chi connectivity index (χ2v) is 5.34. The molecule has 1 aromatic heterocycles. The lowest BCUT2D eigenvalue weighted by Crippen LogP contribution is -2.00. The Kier molecular flexibility index (Phi) is 4.81. The minimum atomic E-state index is 0.850. The predicted octanol–water partition coefficient (Wildman–Crippen LogP) is 4.30. The fraction of sp³-hybridized carbons (Fsp3) is 0.500. The number of hydrogen-bond donors (Lipinski definition) is 1. The average molecular weight is 264 g/mol. The van der Waals surface area contributed by atoms with Crippen LogP contribution >= 0.6 is 11.3 Å². The zero-order valence-electron chi connectivity index (χ0n) is 11.0. The van der Waals surface area contributed by atoms with Crippen molar-refractivity contribution >= 4 is 26.7 Å². The molecule has 1 aromatic carbocycles. The van der Waals surface area contributed by atoms with Crippen LogP contribution in [-0.2, 0) is 0 Å². The van der Waals surface area contributed by atoms with Crippen LogP contribution in [0.1, 0.15) is 32.6 Å². The van der Waals surface area contributed by atoms with Gasteiger partial charge in [-0.3, -0.25) is 0 Å². The van der Waals surface area contributed by atoms with Crippen LogP contribution < -0.4 is 10.1 Å². The van der Waals surface area contributed by atoms with Crippen molar-refractivity contribution in [3.63, 3.8) is 0 Å². The fourth-order valence-electron chi connectivity index (χ4n) is 1.91. The lowest BCUT2D eigenvalue weighted by molar-refractivity contribution is 0.419. The Bertz CT molecular complexity index is 495. The third-order valence-electron chi connectivity index (χ3n) is 2.91. The molecule has 0 bridgehead atoms. The highest BCUT2D eigenvalue weighted by molar-refractivity contribution is 7.22. The molecule has 0 spiro atoms. The molecule has 18 heavy (non-hydrogen) atoms. The fourth-order valence-corrected chi connectivity index (χ4v) is 2.82. The van der Waals surface area contributed by atoms with Crippen LogP contribution in [0.3, 0.4) is 0 Å². The zero-order chi connectivity index (χ0) is 12.8. The second kappa shape index (κ2) is 6.59. The number of ether oxygens (including phenoxy) is 1. The number of nitrogens with one attached hydrogen (secondary N) is 1. The lowest BCUT2D eigenvalue weighted by atomic mass is 10.2. The standard InChI is InChI=1S/C14H20N2OS/c1-3-4-5-6-10-15-14-16-13-11(17-2)8-7-9-12(13)18-14/h7-9H,3-6,10H2,1-2H3,(H,15,16). The molecule has 1 heterocycles. The first-order valence-corrected chi connectivity index (χ1v) is 7.34. The van der Waals surface area contributed by atoms with Crippen LogP contribution in [-0.4, -0.2) is 18.6 Å². The number of aromatic nitrogens is 1. The SMILES string of the molecule is CCCCCCNc1nc2c(OC)cccc2s1. The number of benzene rings is 1. The molecule has 0 atom stereocenters. The third-order valence-corrected chi connectivity index (χ3v) is 3.89. The van der Waals surface area contributed by atoms with Crippen molar-refractivity contribution in [1.29, 1.82) is 0 Å². The summed E-state index contributed by atoms with van der Waals surface area (Å²) in [6.45, 7) is 3.23.